The molecule has 1 aromatic rings. The second kappa shape index (κ2) is 8.07. The summed E-state index contributed by atoms with van der Waals surface area (Å²) >= 11 is 0. The van der Waals surface area contributed by atoms with E-state index >= 15 is 0 Å². The highest BCUT2D eigenvalue weighted by Crippen LogP contribution is 2.24. The molecule has 0 aromatic carbocycles. The number of piperazine rings is 1. The van der Waals surface area contributed by atoms with Crippen LogP contribution in [0, 0.1) is 0 Å². The largest absolute Gasteiger partial charge is 0.383 e. The Bertz CT molecular complexity index is 565. The maximum atomic E-state index is 12.7. The number of likely N-dealkylation sites (tertiary alicyclic amines) is 1. The van der Waals surface area contributed by atoms with Crippen molar-refractivity contribution < 1.29 is 14.6 Å². The Morgan fingerprint density at radius 3 is 2.60 bits per heavy atom. The first-order chi connectivity index (χ1) is 12.1. The fourth-order valence-corrected chi connectivity index (χ4v) is 3.56. The van der Waals surface area contributed by atoms with Gasteiger partial charge in [0.2, 0.25) is 5.95 Å². The number of amides is 1. The number of carbonyl (C=O) groups excluding carboxylic acids is 1. The van der Waals surface area contributed by atoms with E-state index in [2.05, 4.69) is 19.8 Å². The van der Waals surface area contributed by atoms with Gasteiger partial charge in [-0.25, -0.2) is 9.97 Å². The minimum absolute atomic E-state index is 0.162. The van der Waals surface area contributed by atoms with Gasteiger partial charge in [-0.05, 0) is 18.9 Å². The van der Waals surface area contributed by atoms with Crippen LogP contribution < -0.4 is 4.90 Å². The highest BCUT2D eigenvalue weighted by atomic mass is 16.5. The summed E-state index contributed by atoms with van der Waals surface area (Å²) in [5.74, 6) is 0.574. The lowest BCUT2D eigenvalue weighted by molar-refractivity contribution is -0.160. The molecule has 1 N–H and O–H groups in total. The molecular formula is C17H27N5O3. The van der Waals surface area contributed by atoms with Crippen LogP contribution in [0.15, 0.2) is 18.5 Å². The van der Waals surface area contributed by atoms with Gasteiger partial charge in [0.05, 0.1) is 6.61 Å². The second-order valence-corrected chi connectivity index (χ2v) is 6.73. The van der Waals surface area contributed by atoms with Gasteiger partial charge < -0.3 is 19.6 Å². The standard InChI is InChI=1S/C17H27N5O3/c1-25-13-12-21-7-2-4-17(24,15(21)23)14-20-8-10-22(11-9-20)16-18-5-3-6-19-16/h3,5-6,24H,2,4,7-14H2,1H3. The number of piperidine rings is 1. The van der Waals surface area contributed by atoms with Crippen molar-refractivity contribution in [3.05, 3.63) is 18.5 Å². The summed E-state index contributed by atoms with van der Waals surface area (Å²) in [6.07, 6.45) is 4.83. The van der Waals surface area contributed by atoms with Crippen LogP contribution in [0.3, 0.4) is 0 Å². The topological polar surface area (TPSA) is 82.0 Å². The second-order valence-electron chi connectivity index (χ2n) is 6.73. The summed E-state index contributed by atoms with van der Waals surface area (Å²) in [7, 11) is 1.62. The Labute approximate surface area is 148 Å². The molecule has 1 aromatic heterocycles. The summed E-state index contributed by atoms with van der Waals surface area (Å²) in [5, 5.41) is 10.9. The molecule has 1 unspecified atom stereocenters. The van der Waals surface area contributed by atoms with Gasteiger partial charge in [0.15, 0.2) is 5.60 Å². The summed E-state index contributed by atoms with van der Waals surface area (Å²) < 4.78 is 5.06. The molecule has 0 aliphatic carbocycles. The van der Waals surface area contributed by atoms with Crippen molar-refractivity contribution in [2.75, 3.05) is 64.4 Å². The molecule has 2 aliphatic rings. The van der Waals surface area contributed by atoms with Crippen LogP contribution in [0.25, 0.3) is 0 Å². The van der Waals surface area contributed by atoms with Crippen molar-refractivity contribution in [3.8, 4) is 0 Å². The maximum absolute atomic E-state index is 12.7. The molecule has 2 saturated heterocycles. The van der Waals surface area contributed by atoms with Gasteiger partial charge in [-0.15, -0.1) is 0 Å². The molecule has 0 radical (unpaired) electrons. The number of anilines is 1. The quantitative estimate of drug-likeness (QED) is 0.748. The smallest absolute Gasteiger partial charge is 0.255 e. The van der Waals surface area contributed by atoms with Crippen molar-refractivity contribution >= 4 is 11.9 Å². The average molecular weight is 349 g/mol. The zero-order valence-corrected chi connectivity index (χ0v) is 14.8. The lowest BCUT2D eigenvalue weighted by Crippen LogP contribution is -2.61. The van der Waals surface area contributed by atoms with E-state index in [1.807, 2.05) is 0 Å². The molecule has 0 spiro atoms. The highest BCUT2D eigenvalue weighted by Gasteiger charge is 2.43. The number of β-amino-alcohol motifs (C(OH)–C–C–N with tert-alkyl or cyclic N) is 1. The van der Waals surface area contributed by atoms with Crippen LogP contribution in [0.1, 0.15) is 12.8 Å². The molecule has 8 nitrogen and oxygen atoms in total. The highest BCUT2D eigenvalue weighted by molar-refractivity contribution is 5.86. The average Bonchev–Trinajstić information content (AvgIpc) is 2.64. The van der Waals surface area contributed by atoms with E-state index in [0.29, 0.717) is 32.7 Å². The summed E-state index contributed by atoms with van der Waals surface area (Å²) in [6.45, 7) is 5.28. The molecule has 138 valence electrons. The van der Waals surface area contributed by atoms with Crippen molar-refractivity contribution in [1.82, 2.24) is 19.8 Å². The molecule has 3 rings (SSSR count). The number of aliphatic hydroxyl groups is 1. The number of rotatable bonds is 6. The first kappa shape index (κ1) is 18.0. The fourth-order valence-electron chi connectivity index (χ4n) is 3.56. The molecule has 1 atom stereocenters. The zero-order valence-electron chi connectivity index (χ0n) is 14.8. The van der Waals surface area contributed by atoms with Crippen LogP contribution in [-0.4, -0.2) is 95.9 Å². The number of carbonyl (C=O) groups is 1. The molecule has 0 saturated carbocycles. The van der Waals surface area contributed by atoms with Gasteiger partial charge in [-0.3, -0.25) is 9.69 Å². The number of nitrogens with zero attached hydrogens (tertiary/aromatic N) is 5. The van der Waals surface area contributed by atoms with Crippen molar-refractivity contribution in [1.29, 1.82) is 0 Å². The number of aromatic nitrogens is 2. The first-order valence-electron chi connectivity index (χ1n) is 8.87. The molecule has 8 heteroatoms. The third kappa shape index (κ3) is 4.26. The monoisotopic (exact) mass is 349 g/mol. The lowest BCUT2D eigenvalue weighted by Gasteiger charge is -2.43. The summed E-state index contributed by atoms with van der Waals surface area (Å²) in [4.78, 5) is 27.3. The zero-order chi connectivity index (χ0) is 17.7. The number of hydrogen-bond donors (Lipinski definition) is 1. The predicted octanol–water partition coefficient (Wildman–Crippen LogP) is -0.401. The van der Waals surface area contributed by atoms with E-state index in [0.717, 1.165) is 38.5 Å². The van der Waals surface area contributed by atoms with E-state index in [-0.39, 0.29) is 5.91 Å². The van der Waals surface area contributed by atoms with Crippen LogP contribution in [0.2, 0.25) is 0 Å². The van der Waals surface area contributed by atoms with Crippen LogP contribution in [0.4, 0.5) is 5.95 Å². The normalized spacial score (nSPS) is 25.4. The lowest BCUT2D eigenvalue weighted by atomic mass is 9.91. The number of ether oxygens (including phenoxy) is 1. The van der Waals surface area contributed by atoms with E-state index in [9.17, 15) is 9.90 Å². The van der Waals surface area contributed by atoms with Gasteiger partial charge >= 0.3 is 0 Å². The van der Waals surface area contributed by atoms with Crippen molar-refractivity contribution in [3.63, 3.8) is 0 Å². The number of hydrogen-bond acceptors (Lipinski definition) is 7. The minimum atomic E-state index is -1.28. The van der Waals surface area contributed by atoms with Crippen LogP contribution in [0.5, 0.6) is 0 Å². The van der Waals surface area contributed by atoms with Crippen molar-refractivity contribution in [2.45, 2.75) is 18.4 Å². The molecule has 1 amide bonds. The summed E-state index contributed by atoms with van der Waals surface area (Å²) in [5.41, 5.74) is -1.28. The van der Waals surface area contributed by atoms with Gasteiger partial charge in [-0.2, -0.15) is 0 Å². The molecule has 25 heavy (non-hydrogen) atoms. The third-order valence-corrected chi connectivity index (χ3v) is 4.96. The van der Waals surface area contributed by atoms with E-state index in [1.54, 1.807) is 30.5 Å². The van der Waals surface area contributed by atoms with Gasteiger partial charge in [0.25, 0.3) is 5.91 Å². The Balaban J connectivity index is 1.54. The van der Waals surface area contributed by atoms with E-state index in [4.69, 9.17) is 4.74 Å². The predicted molar refractivity (Wildman–Crippen MR) is 93.3 cm³/mol. The number of methoxy groups -OCH3 is 1. The Hall–Kier alpha value is -1.77. The molecule has 2 aliphatic heterocycles. The molecule has 2 fully saturated rings. The maximum Gasteiger partial charge on any atom is 0.255 e. The van der Waals surface area contributed by atoms with E-state index < -0.39 is 5.60 Å². The van der Waals surface area contributed by atoms with E-state index in [1.165, 1.54) is 0 Å². The Kier molecular flexibility index (Phi) is 5.82. The van der Waals surface area contributed by atoms with Crippen molar-refractivity contribution in [2.24, 2.45) is 0 Å². The van der Waals surface area contributed by atoms with Crippen LogP contribution in [-0.2, 0) is 9.53 Å². The molecule has 0 bridgehead atoms. The fraction of sp³-hybridized carbons (Fsp3) is 0.706. The molecule has 3 heterocycles. The molecular weight excluding hydrogens is 322 g/mol. The van der Waals surface area contributed by atoms with Gasteiger partial charge in [0, 0.05) is 65.3 Å². The first-order valence-corrected chi connectivity index (χ1v) is 8.87. The third-order valence-electron chi connectivity index (χ3n) is 4.96. The van der Waals surface area contributed by atoms with Crippen LogP contribution >= 0.6 is 0 Å². The SMILES string of the molecule is COCCN1CCCC(O)(CN2CCN(c3ncccn3)CC2)C1=O. The Morgan fingerprint density at radius 2 is 1.92 bits per heavy atom. The Morgan fingerprint density at radius 1 is 1.20 bits per heavy atom. The van der Waals surface area contributed by atoms with Gasteiger partial charge in [-0.1, -0.05) is 0 Å². The van der Waals surface area contributed by atoms with Gasteiger partial charge in [0.1, 0.15) is 0 Å². The summed E-state index contributed by atoms with van der Waals surface area (Å²) in [6, 6.07) is 1.80. The minimum Gasteiger partial charge on any atom is -0.383 e.